The van der Waals surface area contributed by atoms with E-state index in [0.717, 1.165) is 30.8 Å². The molecule has 1 fully saturated rings. The number of carbonyl (C=O) groups excluding carboxylic acids is 1. The van der Waals surface area contributed by atoms with Crippen LogP contribution in [0.3, 0.4) is 0 Å². The number of hydrogen-bond donors (Lipinski definition) is 0. The lowest BCUT2D eigenvalue weighted by molar-refractivity contribution is 0.0528. The van der Waals surface area contributed by atoms with Gasteiger partial charge in [-0.3, -0.25) is 0 Å². The normalized spacial score (nSPS) is 16.7. The Kier molecular flexibility index (Phi) is 4.57. The molecule has 9 nitrogen and oxygen atoms in total. The van der Waals surface area contributed by atoms with Gasteiger partial charge in [-0.1, -0.05) is 0 Å². The zero-order chi connectivity index (χ0) is 18.8. The Balaban J connectivity index is 1.72. The van der Waals surface area contributed by atoms with Crippen molar-refractivity contribution in [3.63, 3.8) is 0 Å². The van der Waals surface area contributed by atoms with E-state index in [4.69, 9.17) is 14.5 Å². The third-order valence-corrected chi connectivity index (χ3v) is 4.65. The van der Waals surface area contributed by atoms with Gasteiger partial charge in [0.05, 0.1) is 31.5 Å². The second kappa shape index (κ2) is 7.18. The first-order valence-electron chi connectivity index (χ1n) is 8.85. The lowest BCUT2D eigenvalue weighted by Gasteiger charge is -2.26. The van der Waals surface area contributed by atoms with Crippen LogP contribution in [-0.2, 0) is 4.74 Å². The SMILES string of the molecule is CCOC(=O)c1cnn2ccc(N3CCCC3c3cncnc3OC)nc12. The Labute approximate surface area is 156 Å². The maximum Gasteiger partial charge on any atom is 0.343 e. The third kappa shape index (κ3) is 3.05. The highest BCUT2D eigenvalue weighted by Gasteiger charge is 2.30. The zero-order valence-corrected chi connectivity index (χ0v) is 15.2. The van der Waals surface area contributed by atoms with Crippen LogP contribution in [0.15, 0.2) is 31.0 Å². The Morgan fingerprint density at radius 2 is 2.26 bits per heavy atom. The van der Waals surface area contributed by atoms with Gasteiger partial charge >= 0.3 is 5.97 Å². The first-order chi connectivity index (χ1) is 13.2. The molecule has 3 aromatic heterocycles. The first kappa shape index (κ1) is 17.2. The molecule has 4 rings (SSSR count). The maximum absolute atomic E-state index is 12.2. The molecule has 4 heterocycles. The number of fused-ring (bicyclic) bond motifs is 1. The summed E-state index contributed by atoms with van der Waals surface area (Å²) in [7, 11) is 1.60. The highest BCUT2D eigenvalue weighted by atomic mass is 16.5. The number of ether oxygens (including phenoxy) is 2. The predicted octanol–water partition coefficient (Wildman–Crippen LogP) is 2.05. The molecular formula is C18H20N6O3. The van der Waals surface area contributed by atoms with Crippen LogP contribution in [0.1, 0.15) is 41.7 Å². The van der Waals surface area contributed by atoms with Gasteiger partial charge in [-0.15, -0.1) is 0 Å². The molecule has 140 valence electrons. The van der Waals surface area contributed by atoms with Gasteiger partial charge in [0.25, 0.3) is 0 Å². The standard InChI is InChI=1S/C18H20N6O3/c1-3-27-18(25)13-10-21-24-8-6-15(22-16(13)24)23-7-4-5-14(23)12-9-19-11-20-17(12)26-2/h6,8-11,14H,3-5,7H2,1-2H3. The lowest BCUT2D eigenvalue weighted by atomic mass is 10.1. The number of rotatable bonds is 5. The molecule has 0 aliphatic carbocycles. The number of carbonyl (C=O) groups is 1. The van der Waals surface area contributed by atoms with Gasteiger partial charge in [0.15, 0.2) is 5.65 Å². The molecule has 27 heavy (non-hydrogen) atoms. The van der Waals surface area contributed by atoms with Crippen LogP contribution >= 0.6 is 0 Å². The van der Waals surface area contributed by atoms with Gasteiger partial charge in [-0.2, -0.15) is 5.10 Å². The minimum Gasteiger partial charge on any atom is -0.481 e. The summed E-state index contributed by atoms with van der Waals surface area (Å²) in [4.78, 5) is 27.4. The van der Waals surface area contributed by atoms with Crippen molar-refractivity contribution in [2.75, 3.05) is 25.2 Å². The zero-order valence-electron chi connectivity index (χ0n) is 15.2. The van der Waals surface area contributed by atoms with Crippen molar-refractivity contribution in [1.29, 1.82) is 0 Å². The van der Waals surface area contributed by atoms with Crippen molar-refractivity contribution in [1.82, 2.24) is 24.6 Å². The first-order valence-corrected chi connectivity index (χ1v) is 8.85. The molecule has 0 amide bonds. The molecule has 0 bridgehead atoms. The molecule has 0 saturated carbocycles. The Morgan fingerprint density at radius 1 is 1.37 bits per heavy atom. The highest BCUT2D eigenvalue weighted by Crippen LogP contribution is 2.38. The summed E-state index contributed by atoms with van der Waals surface area (Å²) in [6, 6.07) is 1.95. The number of methoxy groups -OCH3 is 1. The summed E-state index contributed by atoms with van der Waals surface area (Å²) in [5.41, 5.74) is 1.77. The molecule has 0 radical (unpaired) electrons. The van der Waals surface area contributed by atoms with Crippen LogP contribution in [0.5, 0.6) is 5.88 Å². The Bertz CT molecular complexity index is 973. The Hall–Kier alpha value is -3.23. The lowest BCUT2D eigenvalue weighted by Crippen LogP contribution is -2.24. The van der Waals surface area contributed by atoms with Gasteiger partial charge in [0.1, 0.15) is 17.7 Å². The average Bonchev–Trinajstić information content (AvgIpc) is 3.34. The molecule has 1 unspecified atom stereocenters. The minimum absolute atomic E-state index is 0.0602. The van der Waals surface area contributed by atoms with E-state index in [1.807, 2.05) is 6.07 Å². The highest BCUT2D eigenvalue weighted by molar-refractivity contribution is 5.95. The molecule has 1 aliphatic rings. The number of nitrogens with zero attached hydrogens (tertiary/aromatic N) is 6. The van der Waals surface area contributed by atoms with Crippen LogP contribution in [0.25, 0.3) is 5.65 Å². The molecule has 0 aromatic carbocycles. The van der Waals surface area contributed by atoms with Crippen molar-refractivity contribution in [3.05, 3.63) is 42.1 Å². The fourth-order valence-corrected chi connectivity index (χ4v) is 3.46. The minimum atomic E-state index is -0.423. The monoisotopic (exact) mass is 368 g/mol. The van der Waals surface area contributed by atoms with Crippen LogP contribution in [0.4, 0.5) is 5.82 Å². The van der Waals surface area contributed by atoms with E-state index in [2.05, 4.69) is 20.0 Å². The molecule has 1 aliphatic heterocycles. The van der Waals surface area contributed by atoms with Crippen LogP contribution in [0.2, 0.25) is 0 Å². The van der Waals surface area contributed by atoms with E-state index in [1.165, 1.54) is 12.5 Å². The summed E-state index contributed by atoms with van der Waals surface area (Å²) in [5, 5.41) is 4.19. The molecule has 0 N–H and O–H groups in total. The summed E-state index contributed by atoms with van der Waals surface area (Å²) >= 11 is 0. The largest absolute Gasteiger partial charge is 0.481 e. The van der Waals surface area contributed by atoms with Gasteiger partial charge < -0.3 is 14.4 Å². The second-order valence-electron chi connectivity index (χ2n) is 6.17. The topological polar surface area (TPSA) is 94.7 Å². The van der Waals surface area contributed by atoms with Crippen LogP contribution in [0, 0.1) is 0 Å². The molecule has 9 heteroatoms. The predicted molar refractivity (Wildman–Crippen MR) is 96.8 cm³/mol. The number of anilines is 1. The van der Waals surface area contributed by atoms with Crippen molar-refractivity contribution in [2.45, 2.75) is 25.8 Å². The van der Waals surface area contributed by atoms with Gasteiger partial charge in [0.2, 0.25) is 5.88 Å². The molecule has 3 aromatic rings. The van der Waals surface area contributed by atoms with Crippen molar-refractivity contribution < 1.29 is 14.3 Å². The van der Waals surface area contributed by atoms with E-state index in [9.17, 15) is 4.79 Å². The van der Waals surface area contributed by atoms with Crippen LogP contribution < -0.4 is 9.64 Å². The van der Waals surface area contributed by atoms with E-state index in [1.54, 1.807) is 30.9 Å². The molecule has 1 saturated heterocycles. The van der Waals surface area contributed by atoms with Crippen molar-refractivity contribution in [2.24, 2.45) is 0 Å². The molecule has 1 atom stereocenters. The average molecular weight is 368 g/mol. The van der Waals surface area contributed by atoms with E-state index >= 15 is 0 Å². The van der Waals surface area contributed by atoms with Gasteiger partial charge in [-0.25, -0.2) is 24.3 Å². The number of hydrogen-bond acceptors (Lipinski definition) is 8. The third-order valence-electron chi connectivity index (χ3n) is 4.65. The number of aromatic nitrogens is 5. The Morgan fingerprint density at radius 3 is 3.07 bits per heavy atom. The quantitative estimate of drug-likeness (QED) is 0.632. The fraction of sp³-hybridized carbons (Fsp3) is 0.389. The summed E-state index contributed by atoms with van der Waals surface area (Å²) in [5.74, 6) is 0.912. The summed E-state index contributed by atoms with van der Waals surface area (Å²) < 4.78 is 12.1. The summed E-state index contributed by atoms with van der Waals surface area (Å²) in [6.45, 7) is 2.92. The van der Waals surface area contributed by atoms with Crippen LogP contribution in [-0.4, -0.2) is 50.8 Å². The van der Waals surface area contributed by atoms with E-state index in [-0.39, 0.29) is 6.04 Å². The fourth-order valence-electron chi connectivity index (χ4n) is 3.46. The van der Waals surface area contributed by atoms with Gasteiger partial charge in [-0.05, 0) is 25.8 Å². The maximum atomic E-state index is 12.2. The van der Waals surface area contributed by atoms with Crippen molar-refractivity contribution in [3.8, 4) is 5.88 Å². The molecular weight excluding hydrogens is 348 g/mol. The van der Waals surface area contributed by atoms with Gasteiger partial charge in [0, 0.05) is 18.9 Å². The second-order valence-corrected chi connectivity index (χ2v) is 6.17. The van der Waals surface area contributed by atoms with Crippen molar-refractivity contribution >= 4 is 17.4 Å². The van der Waals surface area contributed by atoms with E-state index < -0.39 is 5.97 Å². The summed E-state index contributed by atoms with van der Waals surface area (Å²) in [6.07, 6.45) is 8.51. The smallest absolute Gasteiger partial charge is 0.343 e. The number of esters is 1. The molecule has 0 spiro atoms. The van der Waals surface area contributed by atoms with E-state index in [0.29, 0.717) is 23.7 Å².